The lowest BCUT2D eigenvalue weighted by Gasteiger charge is -2.59. The Bertz CT molecular complexity index is 841. The number of rotatable bonds is 9. The highest BCUT2D eigenvalue weighted by atomic mass is 35.5. The van der Waals surface area contributed by atoms with Gasteiger partial charge in [0, 0.05) is 5.56 Å². The van der Waals surface area contributed by atoms with Crippen LogP contribution in [0.2, 0.25) is 0 Å². The maximum absolute atomic E-state index is 2.80. The molecule has 0 aromatic heterocycles. The summed E-state index contributed by atoms with van der Waals surface area (Å²) in [7, 11) is -2.65. The summed E-state index contributed by atoms with van der Waals surface area (Å²) in [5.41, 5.74) is 8.62. The minimum Gasteiger partial charge on any atom is -0.147 e. The molecule has 4 heteroatoms. The molecule has 0 N–H and O–H groups in total. The van der Waals surface area contributed by atoms with Crippen molar-refractivity contribution in [2.75, 3.05) is 0 Å². The van der Waals surface area contributed by atoms with E-state index < -0.39 is 14.5 Å². The van der Waals surface area contributed by atoms with Gasteiger partial charge in [-0.15, -0.1) is 24.8 Å². The van der Waals surface area contributed by atoms with Gasteiger partial charge in [0.05, 0.1) is 48.5 Å². The van der Waals surface area contributed by atoms with Gasteiger partial charge in [-0.05, 0) is 154 Å². The molecular weight excluding hydrogens is 649 g/mol. The van der Waals surface area contributed by atoms with E-state index in [0.29, 0.717) is 0 Å². The highest BCUT2D eigenvalue weighted by Crippen LogP contribution is 2.99. The summed E-state index contributed by atoms with van der Waals surface area (Å²) in [6.07, 6.45) is 47.6. The Morgan fingerprint density at radius 3 is 0.745 bits per heavy atom. The van der Waals surface area contributed by atoms with Gasteiger partial charge in [-0.2, -0.15) is 0 Å². The van der Waals surface area contributed by atoms with Gasteiger partial charge in [0.2, 0.25) is 0 Å². The average molecular weight is 724 g/mol. The van der Waals surface area contributed by atoms with Crippen molar-refractivity contribution in [2.24, 2.45) is 0 Å². The van der Waals surface area contributed by atoms with Gasteiger partial charge in [-0.1, -0.05) is 68.9 Å². The van der Waals surface area contributed by atoms with Crippen LogP contribution in [-0.4, -0.2) is 34.0 Å². The predicted molar refractivity (Wildman–Crippen MR) is 219 cm³/mol. The average Bonchev–Trinajstić information content (AvgIpc) is 3.14. The van der Waals surface area contributed by atoms with Crippen LogP contribution in [0.15, 0.2) is 30.3 Å². The Morgan fingerprint density at radius 1 is 0.319 bits per heavy atom. The molecule has 0 unspecified atom stereocenters. The normalized spacial score (nSPS) is 26.1. The van der Waals surface area contributed by atoms with Gasteiger partial charge in [0.15, 0.2) is 5.40 Å². The molecule has 47 heavy (non-hydrogen) atoms. The summed E-state index contributed by atoms with van der Waals surface area (Å²) in [5.74, 6) is 0. The van der Waals surface area contributed by atoms with Crippen molar-refractivity contribution in [3.8, 4) is 0 Å². The number of hydrogen-bond donors (Lipinski definition) is 0. The lowest BCUT2D eigenvalue weighted by atomic mass is 9.98. The van der Waals surface area contributed by atoms with Crippen LogP contribution in [-0.2, 0) is 0 Å². The molecule has 0 bridgehead atoms. The Morgan fingerprint density at radius 2 is 0.532 bits per heavy atom. The zero-order chi connectivity index (χ0) is 30.4. The molecule has 0 spiro atoms. The van der Waals surface area contributed by atoms with Crippen LogP contribution < -0.4 is 0 Å². The smallest absolute Gasteiger partial charge is 0.147 e. The second-order valence-electron chi connectivity index (χ2n) is 17.3. The molecule has 0 amide bonds. The largest absolute Gasteiger partial charge is 0.194 e. The Hall–Kier alpha value is 0.660. The van der Waals surface area contributed by atoms with Gasteiger partial charge < -0.3 is 0 Å². The number of hydrogen-bond acceptors (Lipinski definition) is 0. The van der Waals surface area contributed by atoms with Gasteiger partial charge in [0.1, 0.15) is 0 Å². The summed E-state index contributed by atoms with van der Waals surface area (Å²) in [4.78, 5) is 0. The van der Waals surface area contributed by atoms with Gasteiger partial charge in [-0.25, -0.2) is 0 Å². The highest BCUT2D eigenvalue weighted by Gasteiger charge is 2.75. The monoisotopic (exact) mass is 722 g/mol. The van der Waals surface area contributed by atoms with Crippen LogP contribution in [0.4, 0.5) is 0 Å². The van der Waals surface area contributed by atoms with Crippen LogP contribution in [0.25, 0.3) is 0 Å². The van der Waals surface area contributed by atoms with Crippen molar-refractivity contribution >= 4 is 39.3 Å². The molecule has 6 fully saturated rings. The molecule has 1 aromatic rings. The van der Waals surface area contributed by atoms with E-state index in [4.69, 9.17) is 0 Å². The first kappa shape index (κ1) is 38.9. The van der Waals surface area contributed by atoms with Gasteiger partial charge >= 0.3 is 0 Å². The molecular formula is C43H74Cl2P2+2. The summed E-state index contributed by atoms with van der Waals surface area (Å²) >= 11 is 0. The predicted octanol–water partition coefficient (Wildman–Crippen LogP) is 15.6. The Balaban J connectivity index is 0.00000217. The molecule has 7 rings (SSSR count). The lowest BCUT2D eigenvalue weighted by molar-refractivity contribution is 0.439. The molecule has 6 aliphatic carbocycles. The van der Waals surface area contributed by atoms with Crippen molar-refractivity contribution in [3.05, 3.63) is 35.9 Å². The van der Waals surface area contributed by atoms with Crippen LogP contribution >= 0.6 is 39.3 Å². The molecule has 0 aliphatic heterocycles. The third kappa shape index (κ3) is 7.88. The second kappa shape index (κ2) is 18.9. The number of benzene rings is 1. The van der Waals surface area contributed by atoms with Crippen molar-refractivity contribution in [1.82, 2.24) is 0 Å². The molecule has 0 atom stereocenters. The first-order chi connectivity index (χ1) is 22.4. The molecule has 268 valence electrons. The van der Waals surface area contributed by atoms with E-state index in [2.05, 4.69) is 30.3 Å². The first-order valence-corrected chi connectivity index (χ1v) is 25.3. The van der Waals surface area contributed by atoms with E-state index in [1.807, 2.05) is 5.56 Å². The van der Waals surface area contributed by atoms with E-state index in [-0.39, 0.29) is 24.8 Å². The van der Waals surface area contributed by atoms with E-state index in [1.165, 1.54) is 38.5 Å². The standard InChI is InChI=1S/C43H72P2.2ClH/c1-8-22-36(23-9-1)43(44(37-24-10-2-11-25-37,38-26-12-3-13-27-38)39-28-14-4-15-29-39)45(40-30-16-5-17-31-40,41-32-18-6-19-33-41)42-34-20-7-21-35-42;;/h1,8-9,22-23,37-43H,2-7,10-21,24-35H2;2*1H/q+2;;. The second-order valence-corrected chi connectivity index (χ2v) is 26.7. The summed E-state index contributed by atoms with van der Waals surface area (Å²) < 4.78 is 0. The molecule has 1 aromatic carbocycles. The summed E-state index contributed by atoms with van der Waals surface area (Å²) in [6, 6.07) is 13.1. The van der Waals surface area contributed by atoms with Crippen LogP contribution in [0.1, 0.15) is 204 Å². The van der Waals surface area contributed by atoms with Crippen molar-refractivity contribution in [2.45, 2.75) is 232 Å². The van der Waals surface area contributed by atoms with Crippen molar-refractivity contribution < 1.29 is 0 Å². The molecule has 0 saturated heterocycles. The fourth-order valence-electron chi connectivity index (χ4n) is 13.6. The molecule has 6 saturated carbocycles. The zero-order valence-electron chi connectivity index (χ0n) is 30.4. The fourth-order valence-corrected chi connectivity index (χ4v) is 34.7. The van der Waals surface area contributed by atoms with Crippen molar-refractivity contribution in [1.29, 1.82) is 0 Å². The lowest BCUT2D eigenvalue weighted by Crippen LogP contribution is -2.45. The maximum atomic E-state index is 2.80. The molecule has 6 aliphatic rings. The topological polar surface area (TPSA) is 0 Å². The SMILES string of the molecule is Cl.Cl.c1ccc(C([P+](C2CCCCC2)(C2CCCCC2)C2CCCCC2)[P+](C2CCCCC2)(C2CCCCC2)C2CCCCC2)cc1. The van der Waals surface area contributed by atoms with E-state index in [1.54, 1.807) is 154 Å². The van der Waals surface area contributed by atoms with Crippen molar-refractivity contribution in [3.63, 3.8) is 0 Å². The van der Waals surface area contributed by atoms with Gasteiger partial charge in [-0.3, -0.25) is 0 Å². The molecule has 0 radical (unpaired) electrons. The number of halogens is 2. The summed E-state index contributed by atoms with van der Waals surface area (Å²) in [6.45, 7) is 0. The summed E-state index contributed by atoms with van der Waals surface area (Å²) in [5, 5.41) is 1.02. The first-order valence-electron chi connectivity index (χ1n) is 21.2. The fraction of sp³-hybridized carbons (Fsp3) is 0.860. The maximum Gasteiger partial charge on any atom is 0.194 e. The van der Waals surface area contributed by atoms with Crippen LogP contribution in [0.3, 0.4) is 0 Å². The van der Waals surface area contributed by atoms with E-state index in [9.17, 15) is 0 Å². The third-order valence-corrected chi connectivity index (χ3v) is 30.6. The zero-order valence-corrected chi connectivity index (χ0v) is 33.8. The molecule has 0 heterocycles. The van der Waals surface area contributed by atoms with E-state index in [0.717, 1.165) is 39.4 Å². The Kier molecular flexibility index (Phi) is 15.7. The van der Waals surface area contributed by atoms with Gasteiger partial charge in [0.25, 0.3) is 0 Å². The van der Waals surface area contributed by atoms with Crippen LogP contribution in [0.5, 0.6) is 0 Å². The highest BCUT2D eigenvalue weighted by molar-refractivity contribution is 7.94. The van der Waals surface area contributed by atoms with Crippen LogP contribution in [0, 0.1) is 0 Å². The Labute approximate surface area is 305 Å². The minimum atomic E-state index is -1.33. The quantitative estimate of drug-likeness (QED) is 0.223. The molecule has 0 nitrogen and oxygen atoms in total. The minimum absolute atomic E-state index is 0. The van der Waals surface area contributed by atoms with E-state index >= 15 is 0 Å². The third-order valence-electron chi connectivity index (χ3n) is 15.2.